The number of amides is 2. The normalized spacial score (nSPS) is 22.1. The van der Waals surface area contributed by atoms with Crippen LogP contribution in [0, 0.1) is 12.8 Å². The first kappa shape index (κ1) is 16.0. The first-order valence-electron chi connectivity index (χ1n) is 7.15. The minimum atomic E-state index is -0.501. The fraction of sp³-hybridized carbons (Fsp3) is 0.500. The molecule has 0 bridgehead atoms. The van der Waals surface area contributed by atoms with Gasteiger partial charge in [0.15, 0.2) is 0 Å². The summed E-state index contributed by atoms with van der Waals surface area (Å²) < 4.78 is 0. The molecule has 0 saturated heterocycles. The number of nitrogens with zero attached hydrogens (tertiary/aromatic N) is 1. The van der Waals surface area contributed by atoms with Crippen molar-refractivity contribution < 1.29 is 9.59 Å². The van der Waals surface area contributed by atoms with E-state index < -0.39 is 5.91 Å². The molecule has 2 unspecified atom stereocenters. The van der Waals surface area contributed by atoms with Gasteiger partial charge in [0.25, 0.3) is 0 Å². The van der Waals surface area contributed by atoms with Crippen LogP contribution in [0.25, 0.3) is 0 Å². The number of carbonyl (C=O) groups is 2. The van der Waals surface area contributed by atoms with E-state index in [2.05, 4.69) is 41.9 Å². The number of alkyl halides is 1. The molecule has 2 atom stereocenters. The van der Waals surface area contributed by atoms with Crippen LogP contribution < -0.4 is 10.6 Å². The number of benzene rings is 1. The molecule has 1 aliphatic rings. The van der Waals surface area contributed by atoms with Crippen LogP contribution in [-0.4, -0.2) is 23.2 Å². The number of fused-ring (bicyclic) bond motifs is 1. The van der Waals surface area contributed by atoms with E-state index in [1.165, 1.54) is 4.90 Å². The lowest BCUT2D eigenvalue weighted by Gasteiger charge is -2.25. The third-order valence-electron chi connectivity index (χ3n) is 3.99. The van der Waals surface area contributed by atoms with E-state index in [4.69, 9.17) is 5.73 Å². The van der Waals surface area contributed by atoms with Crippen LogP contribution in [0.3, 0.4) is 0 Å². The minimum absolute atomic E-state index is 0.0811. The molecular formula is C16H21BrN2O2. The number of halogens is 1. The Balaban J connectivity index is 2.59. The maximum atomic E-state index is 12.6. The Morgan fingerprint density at radius 2 is 2.14 bits per heavy atom. The zero-order chi connectivity index (χ0) is 15.7. The van der Waals surface area contributed by atoms with Crippen molar-refractivity contribution in [3.8, 4) is 0 Å². The van der Waals surface area contributed by atoms with E-state index in [0.717, 1.165) is 23.2 Å². The van der Waals surface area contributed by atoms with Gasteiger partial charge in [0.05, 0.1) is 4.83 Å². The van der Waals surface area contributed by atoms with Crippen LogP contribution in [-0.2, 0) is 9.59 Å². The summed E-state index contributed by atoms with van der Waals surface area (Å²) in [5, 5.41) is 0. The van der Waals surface area contributed by atoms with Crippen molar-refractivity contribution >= 4 is 33.4 Å². The van der Waals surface area contributed by atoms with Gasteiger partial charge in [-0.05, 0) is 42.4 Å². The van der Waals surface area contributed by atoms with Crippen LogP contribution in [0.5, 0.6) is 0 Å². The largest absolute Gasteiger partial charge is 0.368 e. The van der Waals surface area contributed by atoms with Crippen molar-refractivity contribution in [2.24, 2.45) is 11.7 Å². The summed E-state index contributed by atoms with van der Waals surface area (Å²) in [5.74, 6) is 0.0851. The predicted molar refractivity (Wildman–Crippen MR) is 87.6 cm³/mol. The van der Waals surface area contributed by atoms with Crippen molar-refractivity contribution in [2.75, 3.05) is 11.4 Å². The van der Waals surface area contributed by atoms with Crippen LogP contribution in [0.1, 0.15) is 37.3 Å². The van der Waals surface area contributed by atoms with Crippen molar-refractivity contribution in [1.29, 1.82) is 0 Å². The molecule has 0 saturated carbocycles. The molecular weight excluding hydrogens is 332 g/mol. The third kappa shape index (κ3) is 3.28. The summed E-state index contributed by atoms with van der Waals surface area (Å²) in [5.41, 5.74) is 8.32. The van der Waals surface area contributed by atoms with E-state index in [0.29, 0.717) is 5.92 Å². The maximum absolute atomic E-state index is 12.6. The van der Waals surface area contributed by atoms with Gasteiger partial charge in [-0.1, -0.05) is 41.9 Å². The quantitative estimate of drug-likeness (QED) is 0.850. The van der Waals surface area contributed by atoms with Crippen molar-refractivity contribution in [1.82, 2.24) is 0 Å². The van der Waals surface area contributed by atoms with E-state index in [-0.39, 0.29) is 23.2 Å². The molecule has 4 nitrogen and oxygen atoms in total. The van der Waals surface area contributed by atoms with Gasteiger partial charge in [0, 0.05) is 5.69 Å². The Morgan fingerprint density at radius 1 is 1.48 bits per heavy atom. The van der Waals surface area contributed by atoms with Gasteiger partial charge >= 0.3 is 0 Å². The van der Waals surface area contributed by atoms with Crippen LogP contribution in [0.15, 0.2) is 18.2 Å². The second-order valence-electron chi connectivity index (χ2n) is 6.01. The van der Waals surface area contributed by atoms with Crippen LogP contribution in [0.4, 0.5) is 5.69 Å². The number of nitrogens with two attached hydrogens (primary N) is 1. The van der Waals surface area contributed by atoms with E-state index in [9.17, 15) is 9.59 Å². The lowest BCUT2D eigenvalue weighted by Crippen LogP contribution is -2.41. The van der Waals surface area contributed by atoms with Gasteiger partial charge in [0.1, 0.15) is 6.54 Å². The smallest absolute Gasteiger partial charge is 0.241 e. The molecule has 114 valence electrons. The molecule has 2 rings (SSSR count). The Morgan fingerprint density at radius 3 is 2.71 bits per heavy atom. The first-order chi connectivity index (χ1) is 9.81. The highest BCUT2D eigenvalue weighted by Gasteiger charge is 2.35. The van der Waals surface area contributed by atoms with Gasteiger partial charge < -0.3 is 10.6 Å². The summed E-state index contributed by atoms with van der Waals surface area (Å²) >= 11 is 3.48. The lowest BCUT2D eigenvalue weighted by atomic mass is 9.84. The minimum Gasteiger partial charge on any atom is -0.368 e. The fourth-order valence-corrected chi connectivity index (χ4v) is 3.54. The number of aryl methyl sites for hydroxylation is 1. The predicted octanol–water partition coefficient (Wildman–Crippen LogP) is 2.72. The number of hydrogen-bond acceptors (Lipinski definition) is 2. The Bertz CT molecular complexity index is 571. The summed E-state index contributed by atoms with van der Waals surface area (Å²) in [7, 11) is 0. The first-order valence-corrected chi connectivity index (χ1v) is 8.07. The molecule has 1 aromatic carbocycles. The zero-order valence-corrected chi connectivity index (χ0v) is 14.2. The Kier molecular flexibility index (Phi) is 4.71. The molecule has 5 heteroatoms. The molecule has 0 aliphatic carbocycles. The van der Waals surface area contributed by atoms with Crippen molar-refractivity contribution in [3.63, 3.8) is 0 Å². The average molecular weight is 353 g/mol. The molecule has 21 heavy (non-hydrogen) atoms. The highest BCUT2D eigenvalue weighted by molar-refractivity contribution is 9.10. The topological polar surface area (TPSA) is 63.4 Å². The fourth-order valence-electron chi connectivity index (χ4n) is 2.89. The summed E-state index contributed by atoms with van der Waals surface area (Å²) in [6.07, 6.45) is 0.724. The zero-order valence-electron chi connectivity index (χ0n) is 12.6. The highest BCUT2D eigenvalue weighted by atomic mass is 79.9. The number of carbonyl (C=O) groups excluding carboxylic acids is 2. The van der Waals surface area contributed by atoms with Gasteiger partial charge in [0.2, 0.25) is 11.8 Å². The molecule has 1 aliphatic heterocycles. The summed E-state index contributed by atoms with van der Waals surface area (Å²) in [6.45, 7) is 6.21. The molecule has 2 N–H and O–H groups in total. The molecule has 1 aromatic rings. The monoisotopic (exact) mass is 352 g/mol. The molecule has 2 amide bonds. The third-order valence-corrected chi connectivity index (χ3v) is 4.76. The molecule has 0 aromatic heterocycles. The van der Waals surface area contributed by atoms with Gasteiger partial charge in [-0.3, -0.25) is 9.59 Å². The number of rotatable bonds is 3. The summed E-state index contributed by atoms with van der Waals surface area (Å²) in [6, 6.07) is 6.09. The van der Waals surface area contributed by atoms with E-state index >= 15 is 0 Å². The molecule has 1 heterocycles. The van der Waals surface area contributed by atoms with Crippen LogP contribution in [0.2, 0.25) is 0 Å². The molecule has 0 radical (unpaired) electrons. The maximum Gasteiger partial charge on any atom is 0.241 e. The lowest BCUT2D eigenvalue weighted by molar-refractivity contribution is -0.122. The van der Waals surface area contributed by atoms with Crippen molar-refractivity contribution in [3.05, 3.63) is 29.3 Å². The Hall–Kier alpha value is -1.36. The average Bonchev–Trinajstić information content (AvgIpc) is 2.49. The SMILES string of the molecule is Cc1ccc2c(c1)N(CC(N)=O)C(=O)C(Br)CC2C(C)C. The van der Waals surface area contributed by atoms with Crippen molar-refractivity contribution in [2.45, 2.75) is 37.9 Å². The van der Waals surface area contributed by atoms with E-state index in [1.807, 2.05) is 13.0 Å². The highest BCUT2D eigenvalue weighted by Crippen LogP contribution is 2.41. The number of hydrogen-bond donors (Lipinski definition) is 1. The second-order valence-corrected chi connectivity index (χ2v) is 7.11. The summed E-state index contributed by atoms with van der Waals surface area (Å²) in [4.78, 5) is 25.2. The molecule has 0 spiro atoms. The standard InChI is InChI=1S/C16H21BrN2O2/c1-9(2)12-7-13(17)16(21)19(8-15(18)20)14-6-10(3)4-5-11(12)14/h4-6,9,12-13H,7-8H2,1-3H3,(H2,18,20). The second kappa shape index (κ2) is 6.18. The van der Waals surface area contributed by atoms with E-state index in [1.54, 1.807) is 0 Å². The number of anilines is 1. The molecule has 0 fully saturated rings. The van der Waals surface area contributed by atoms with Gasteiger partial charge in [-0.15, -0.1) is 0 Å². The Labute approximate surface area is 133 Å². The van der Waals surface area contributed by atoms with Gasteiger partial charge in [-0.2, -0.15) is 0 Å². The van der Waals surface area contributed by atoms with Crippen LogP contribution >= 0.6 is 15.9 Å². The van der Waals surface area contributed by atoms with Gasteiger partial charge in [-0.25, -0.2) is 0 Å². The number of primary amides is 1.